The SMILES string of the molecule is CC(C)CC(C)(C)CC(O)C/C=C\CCCCCCCC(=O)O. The molecule has 0 saturated carbocycles. The molecule has 0 saturated heterocycles. The first-order valence-electron chi connectivity index (χ1n) is 9.28. The van der Waals surface area contributed by atoms with Crippen molar-refractivity contribution in [2.24, 2.45) is 11.3 Å². The molecule has 0 heterocycles. The van der Waals surface area contributed by atoms with Crippen LogP contribution in [0.4, 0.5) is 0 Å². The Kier molecular flexibility index (Phi) is 12.1. The molecule has 0 spiro atoms. The molecule has 23 heavy (non-hydrogen) atoms. The third-order valence-electron chi connectivity index (χ3n) is 4.09. The molecule has 0 aliphatic carbocycles. The Morgan fingerprint density at radius 2 is 1.61 bits per heavy atom. The van der Waals surface area contributed by atoms with E-state index in [1.54, 1.807) is 0 Å². The van der Waals surface area contributed by atoms with Crippen LogP contribution in [-0.2, 0) is 4.79 Å². The standard InChI is InChI=1S/C20H38O3/c1-17(2)15-20(3,4)16-18(21)13-11-9-7-5-6-8-10-12-14-19(22)23/h9,11,17-18,21H,5-8,10,12-16H2,1-4H3,(H,22,23)/b11-9-. The van der Waals surface area contributed by atoms with Gasteiger partial charge in [0.1, 0.15) is 0 Å². The molecule has 3 heteroatoms. The molecular formula is C20H38O3. The van der Waals surface area contributed by atoms with Gasteiger partial charge in [0.05, 0.1) is 6.10 Å². The van der Waals surface area contributed by atoms with Gasteiger partial charge in [-0.1, -0.05) is 59.1 Å². The summed E-state index contributed by atoms with van der Waals surface area (Å²) in [5, 5.41) is 18.7. The summed E-state index contributed by atoms with van der Waals surface area (Å²) < 4.78 is 0. The van der Waals surface area contributed by atoms with Gasteiger partial charge in [0.2, 0.25) is 0 Å². The van der Waals surface area contributed by atoms with Gasteiger partial charge in [-0.25, -0.2) is 0 Å². The van der Waals surface area contributed by atoms with Crippen molar-refractivity contribution in [2.75, 3.05) is 0 Å². The summed E-state index contributed by atoms with van der Waals surface area (Å²) in [6.07, 6.45) is 13.4. The summed E-state index contributed by atoms with van der Waals surface area (Å²) in [5.41, 5.74) is 0.206. The molecule has 0 aliphatic rings. The van der Waals surface area contributed by atoms with Crippen LogP contribution in [0.3, 0.4) is 0 Å². The Bertz CT molecular complexity index is 332. The topological polar surface area (TPSA) is 57.5 Å². The highest BCUT2D eigenvalue weighted by molar-refractivity contribution is 5.66. The zero-order valence-corrected chi connectivity index (χ0v) is 15.7. The number of carboxylic acid groups (broad SMARTS) is 1. The normalized spacial score (nSPS) is 13.8. The van der Waals surface area contributed by atoms with E-state index in [-0.39, 0.29) is 11.5 Å². The summed E-state index contributed by atoms with van der Waals surface area (Å²) in [6, 6.07) is 0. The number of aliphatic carboxylic acids is 1. The van der Waals surface area contributed by atoms with E-state index in [1.807, 2.05) is 0 Å². The van der Waals surface area contributed by atoms with Gasteiger partial charge in [0.25, 0.3) is 0 Å². The Morgan fingerprint density at radius 1 is 1.00 bits per heavy atom. The van der Waals surface area contributed by atoms with E-state index in [4.69, 9.17) is 5.11 Å². The second-order valence-corrected chi connectivity index (χ2v) is 8.03. The van der Waals surface area contributed by atoms with Crippen LogP contribution in [0.25, 0.3) is 0 Å². The minimum Gasteiger partial charge on any atom is -0.481 e. The lowest BCUT2D eigenvalue weighted by Gasteiger charge is -2.28. The fourth-order valence-electron chi connectivity index (χ4n) is 3.35. The molecule has 0 fully saturated rings. The van der Waals surface area contributed by atoms with E-state index in [1.165, 1.54) is 0 Å². The van der Waals surface area contributed by atoms with E-state index in [0.29, 0.717) is 12.3 Å². The average molecular weight is 327 g/mol. The first-order valence-corrected chi connectivity index (χ1v) is 9.28. The maximum absolute atomic E-state index is 10.4. The largest absolute Gasteiger partial charge is 0.481 e. The van der Waals surface area contributed by atoms with Crippen molar-refractivity contribution >= 4 is 5.97 Å². The number of hydrogen-bond donors (Lipinski definition) is 2. The van der Waals surface area contributed by atoms with Gasteiger partial charge >= 0.3 is 5.97 Å². The van der Waals surface area contributed by atoms with E-state index >= 15 is 0 Å². The van der Waals surface area contributed by atoms with Crippen molar-refractivity contribution in [3.8, 4) is 0 Å². The third-order valence-corrected chi connectivity index (χ3v) is 4.09. The van der Waals surface area contributed by atoms with Gasteiger partial charge in [-0.05, 0) is 49.9 Å². The van der Waals surface area contributed by atoms with Gasteiger partial charge in [-0.2, -0.15) is 0 Å². The van der Waals surface area contributed by atoms with Crippen LogP contribution >= 0.6 is 0 Å². The van der Waals surface area contributed by atoms with Crippen LogP contribution in [0.15, 0.2) is 12.2 Å². The average Bonchev–Trinajstić information content (AvgIpc) is 2.38. The maximum atomic E-state index is 10.4. The van der Waals surface area contributed by atoms with E-state index in [0.717, 1.165) is 57.8 Å². The van der Waals surface area contributed by atoms with Crippen LogP contribution in [0.2, 0.25) is 0 Å². The summed E-state index contributed by atoms with van der Waals surface area (Å²) in [5.74, 6) is -0.0219. The number of hydrogen-bond acceptors (Lipinski definition) is 2. The predicted molar refractivity (Wildman–Crippen MR) is 97.6 cm³/mol. The molecule has 0 bridgehead atoms. The van der Waals surface area contributed by atoms with Crippen molar-refractivity contribution in [3.05, 3.63) is 12.2 Å². The zero-order chi connectivity index (χ0) is 17.7. The highest BCUT2D eigenvalue weighted by Gasteiger charge is 2.22. The smallest absolute Gasteiger partial charge is 0.303 e. The molecule has 0 radical (unpaired) electrons. The number of carbonyl (C=O) groups is 1. The number of aliphatic hydroxyl groups is 1. The second-order valence-electron chi connectivity index (χ2n) is 8.03. The lowest BCUT2D eigenvalue weighted by molar-refractivity contribution is -0.137. The predicted octanol–water partition coefficient (Wildman–Crippen LogP) is 5.57. The van der Waals surface area contributed by atoms with Gasteiger partial charge in [0, 0.05) is 6.42 Å². The molecule has 2 N–H and O–H groups in total. The first-order chi connectivity index (χ1) is 10.7. The van der Waals surface area contributed by atoms with Gasteiger partial charge in [-0.15, -0.1) is 0 Å². The molecule has 0 aromatic carbocycles. The lowest BCUT2D eigenvalue weighted by atomic mass is 9.79. The third kappa shape index (κ3) is 15.8. The number of aliphatic hydroxyl groups excluding tert-OH is 1. The second kappa shape index (κ2) is 12.6. The molecule has 0 amide bonds. The summed E-state index contributed by atoms with van der Waals surface area (Å²) >= 11 is 0. The highest BCUT2D eigenvalue weighted by atomic mass is 16.4. The summed E-state index contributed by atoms with van der Waals surface area (Å²) in [4.78, 5) is 10.4. The van der Waals surface area contributed by atoms with Gasteiger partial charge < -0.3 is 10.2 Å². The molecule has 0 rings (SSSR count). The van der Waals surface area contributed by atoms with Crippen molar-refractivity contribution in [2.45, 2.75) is 98.0 Å². The molecular weight excluding hydrogens is 288 g/mol. The van der Waals surface area contributed by atoms with Crippen molar-refractivity contribution in [1.82, 2.24) is 0 Å². The molecule has 3 nitrogen and oxygen atoms in total. The molecule has 0 aromatic heterocycles. The number of rotatable bonds is 14. The molecule has 1 unspecified atom stereocenters. The monoisotopic (exact) mass is 326 g/mol. The van der Waals surface area contributed by atoms with Crippen molar-refractivity contribution in [3.63, 3.8) is 0 Å². The fraction of sp³-hybridized carbons (Fsp3) is 0.850. The van der Waals surface area contributed by atoms with Crippen molar-refractivity contribution < 1.29 is 15.0 Å². The number of carboxylic acids is 1. The molecule has 0 aliphatic heterocycles. The van der Waals surface area contributed by atoms with Crippen molar-refractivity contribution in [1.29, 1.82) is 0 Å². The van der Waals surface area contributed by atoms with Crippen LogP contribution < -0.4 is 0 Å². The van der Waals surface area contributed by atoms with Crippen LogP contribution in [0, 0.1) is 11.3 Å². The Hall–Kier alpha value is -0.830. The fourth-order valence-corrected chi connectivity index (χ4v) is 3.35. The summed E-state index contributed by atoms with van der Waals surface area (Å²) in [6.45, 7) is 8.94. The van der Waals surface area contributed by atoms with E-state index in [9.17, 15) is 9.90 Å². The van der Waals surface area contributed by atoms with Gasteiger partial charge in [-0.3, -0.25) is 4.79 Å². The first kappa shape index (κ1) is 22.2. The van der Waals surface area contributed by atoms with E-state index in [2.05, 4.69) is 39.8 Å². The molecule has 0 aromatic rings. The Morgan fingerprint density at radius 3 is 2.22 bits per heavy atom. The quantitative estimate of drug-likeness (QED) is 0.324. The lowest BCUT2D eigenvalue weighted by Crippen LogP contribution is -2.22. The minimum atomic E-state index is -0.692. The molecule has 136 valence electrons. The van der Waals surface area contributed by atoms with Crippen LogP contribution in [-0.4, -0.2) is 22.3 Å². The van der Waals surface area contributed by atoms with Crippen LogP contribution in [0.1, 0.15) is 91.9 Å². The summed E-state index contributed by atoms with van der Waals surface area (Å²) in [7, 11) is 0. The highest BCUT2D eigenvalue weighted by Crippen LogP contribution is 2.31. The van der Waals surface area contributed by atoms with Crippen LogP contribution in [0.5, 0.6) is 0 Å². The Labute approximate surface area is 143 Å². The number of allylic oxidation sites excluding steroid dienone is 1. The maximum Gasteiger partial charge on any atom is 0.303 e. The van der Waals surface area contributed by atoms with Gasteiger partial charge in [0.15, 0.2) is 0 Å². The van der Waals surface area contributed by atoms with E-state index < -0.39 is 5.97 Å². The number of unbranched alkanes of at least 4 members (excludes halogenated alkanes) is 5. The zero-order valence-electron chi connectivity index (χ0n) is 15.7. The molecule has 1 atom stereocenters. The Balaban J connectivity index is 3.60. The minimum absolute atomic E-state index is 0.206.